The summed E-state index contributed by atoms with van der Waals surface area (Å²) >= 11 is 5.93. The minimum atomic E-state index is -0.423. The Bertz CT molecular complexity index is 629. The van der Waals surface area contributed by atoms with E-state index >= 15 is 0 Å². The predicted molar refractivity (Wildman–Crippen MR) is 70.2 cm³/mol. The van der Waals surface area contributed by atoms with Gasteiger partial charge in [-0.25, -0.2) is 9.37 Å². The van der Waals surface area contributed by atoms with Crippen LogP contribution < -0.4 is 4.74 Å². The van der Waals surface area contributed by atoms with Crippen molar-refractivity contribution >= 4 is 11.6 Å². The van der Waals surface area contributed by atoms with Gasteiger partial charge in [0.25, 0.3) is 0 Å². The summed E-state index contributed by atoms with van der Waals surface area (Å²) in [5, 5.41) is 0.319. The standard InChI is InChI=1S/C14H12ClFN2O/c1-8-2-5-10(16)11(6-8)19-13-7-12(15)17-14(18-13)9-3-4-9/h2,5-7,9H,3-4H2,1H3. The van der Waals surface area contributed by atoms with Crippen molar-refractivity contribution in [3.8, 4) is 11.6 Å². The first-order valence-electron chi connectivity index (χ1n) is 6.10. The number of aryl methyl sites for hydroxylation is 1. The van der Waals surface area contributed by atoms with Crippen LogP contribution in [-0.2, 0) is 0 Å². The summed E-state index contributed by atoms with van der Waals surface area (Å²) in [5.41, 5.74) is 0.916. The zero-order valence-electron chi connectivity index (χ0n) is 10.4. The van der Waals surface area contributed by atoms with E-state index in [0.717, 1.165) is 18.4 Å². The van der Waals surface area contributed by atoms with Gasteiger partial charge in [-0.2, -0.15) is 4.98 Å². The lowest BCUT2D eigenvalue weighted by Crippen LogP contribution is -1.97. The van der Waals surface area contributed by atoms with Crippen LogP contribution in [0, 0.1) is 12.7 Å². The van der Waals surface area contributed by atoms with E-state index in [1.807, 2.05) is 6.92 Å². The first kappa shape index (κ1) is 12.4. The van der Waals surface area contributed by atoms with E-state index in [0.29, 0.717) is 16.9 Å². The second-order valence-electron chi connectivity index (χ2n) is 4.70. The normalized spacial score (nSPS) is 14.5. The summed E-state index contributed by atoms with van der Waals surface area (Å²) in [7, 11) is 0. The Labute approximate surface area is 115 Å². The van der Waals surface area contributed by atoms with Crippen LogP contribution in [0.2, 0.25) is 5.15 Å². The first-order valence-corrected chi connectivity index (χ1v) is 6.48. The summed E-state index contributed by atoms with van der Waals surface area (Å²) in [6.07, 6.45) is 2.14. The Kier molecular flexibility index (Phi) is 3.11. The van der Waals surface area contributed by atoms with Gasteiger partial charge >= 0.3 is 0 Å². The molecule has 0 radical (unpaired) electrons. The van der Waals surface area contributed by atoms with Gasteiger partial charge in [-0.15, -0.1) is 0 Å². The second-order valence-corrected chi connectivity index (χ2v) is 5.08. The average molecular weight is 279 g/mol. The SMILES string of the molecule is Cc1ccc(F)c(Oc2cc(Cl)nc(C3CC3)n2)c1. The highest BCUT2D eigenvalue weighted by Gasteiger charge is 2.27. The minimum Gasteiger partial charge on any atom is -0.436 e. The van der Waals surface area contributed by atoms with Crippen molar-refractivity contribution in [2.75, 3.05) is 0 Å². The molecule has 0 amide bonds. The minimum absolute atomic E-state index is 0.150. The lowest BCUT2D eigenvalue weighted by atomic mass is 10.2. The lowest BCUT2D eigenvalue weighted by molar-refractivity contribution is 0.424. The predicted octanol–water partition coefficient (Wildman–Crippen LogP) is 4.25. The Morgan fingerprint density at radius 1 is 1.26 bits per heavy atom. The smallest absolute Gasteiger partial charge is 0.224 e. The first-order chi connectivity index (χ1) is 9.11. The molecule has 0 N–H and O–H groups in total. The maximum atomic E-state index is 13.6. The van der Waals surface area contributed by atoms with Crippen LogP contribution in [0.1, 0.15) is 30.1 Å². The van der Waals surface area contributed by atoms with E-state index in [1.165, 1.54) is 12.1 Å². The van der Waals surface area contributed by atoms with E-state index in [2.05, 4.69) is 9.97 Å². The molecular formula is C14H12ClFN2O. The van der Waals surface area contributed by atoms with Gasteiger partial charge in [0.15, 0.2) is 11.6 Å². The Morgan fingerprint density at radius 3 is 2.79 bits per heavy atom. The Morgan fingerprint density at radius 2 is 2.05 bits per heavy atom. The van der Waals surface area contributed by atoms with Crippen molar-refractivity contribution in [3.63, 3.8) is 0 Å². The number of rotatable bonds is 3. The molecule has 19 heavy (non-hydrogen) atoms. The molecule has 0 bridgehead atoms. The summed E-state index contributed by atoms with van der Waals surface area (Å²) < 4.78 is 19.1. The molecule has 0 atom stereocenters. The number of benzene rings is 1. The fourth-order valence-electron chi connectivity index (χ4n) is 1.79. The third-order valence-corrected chi connectivity index (χ3v) is 3.13. The molecule has 3 nitrogen and oxygen atoms in total. The molecule has 1 aliphatic rings. The van der Waals surface area contributed by atoms with E-state index in [-0.39, 0.29) is 11.6 Å². The van der Waals surface area contributed by atoms with Crippen LogP contribution in [0.4, 0.5) is 4.39 Å². The van der Waals surface area contributed by atoms with Gasteiger partial charge in [-0.3, -0.25) is 0 Å². The Hall–Kier alpha value is -1.68. The molecule has 1 heterocycles. The fourth-order valence-corrected chi connectivity index (χ4v) is 1.97. The fraction of sp³-hybridized carbons (Fsp3) is 0.286. The van der Waals surface area contributed by atoms with Crippen molar-refractivity contribution in [2.45, 2.75) is 25.7 Å². The van der Waals surface area contributed by atoms with Crippen molar-refractivity contribution in [1.29, 1.82) is 0 Å². The van der Waals surface area contributed by atoms with Crippen molar-refractivity contribution in [1.82, 2.24) is 9.97 Å². The molecule has 1 saturated carbocycles. The maximum absolute atomic E-state index is 13.6. The summed E-state index contributed by atoms with van der Waals surface area (Å²) in [6, 6.07) is 6.18. The molecule has 1 aromatic heterocycles. The van der Waals surface area contributed by atoms with Crippen LogP contribution >= 0.6 is 11.6 Å². The van der Waals surface area contributed by atoms with Gasteiger partial charge < -0.3 is 4.74 Å². The highest BCUT2D eigenvalue weighted by atomic mass is 35.5. The zero-order chi connectivity index (χ0) is 13.4. The van der Waals surface area contributed by atoms with Crippen molar-refractivity contribution < 1.29 is 9.13 Å². The molecule has 1 aromatic carbocycles. The third-order valence-electron chi connectivity index (χ3n) is 2.93. The topological polar surface area (TPSA) is 35.0 Å². The highest BCUT2D eigenvalue weighted by molar-refractivity contribution is 6.29. The maximum Gasteiger partial charge on any atom is 0.224 e. The van der Waals surface area contributed by atoms with Gasteiger partial charge in [0.2, 0.25) is 5.88 Å². The molecular weight excluding hydrogens is 267 g/mol. The number of hydrogen-bond acceptors (Lipinski definition) is 3. The molecule has 5 heteroatoms. The van der Waals surface area contributed by atoms with Crippen molar-refractivity contribution in [2.24, 2.45) is 0 Å². The van der Waals surface area contributed by atoms with Crippen LogP contribution in [0.3, 0.4) is 0 Å². The van der Waals surface area contributed by atoms with Crippen LogP contribution in [0.5, 0.6) is 11.6 Å². The monoisotopic (exact) mass is 278 g/mol. The molecule has 98 valence electrons. The lowest BCUT2D eigenvalue weighted by Gasteiger charge is -2.08. The zero-order valence-corrected chi connectivity index (χ0v) is 11.1. The quantitative estimate of drug-likeness (QED) is 0.788. The van der Waals surface area contributed by atoms with Gasteiger partial charge in [0, 0.05) is 12.0 Å². The Balaban J connectivity index is 1.92. The number of ether oxygens (including phenoxy) is 1. The molecule has 1 aliphatic carbocycles. The van der Waals surface area contributed by atoms with Crippen LogP contribution in [0.15, 0.2) is 24.3 Å². The number of halogens is 2. The average Bonchev–Trinajstić information content (AvgIpc) is 3.17. The summed E-state index contributed by atoms with van der Waals surface area (Å²) in [5.74, 6) is 1.05. The number of hydrogen-bond donors (Lipinski definition) is 0. The molecule has 0 saturated heterocycles. The molecule has 0 aliphatic heterocycles. The molecule has 0 unspecified atom stereocenters. The number of nitrogens with zero attached hydrogens (tertiary/aromatic N) is 2. The molecule has 3 rings (SSSR count). The summed E-state index contributed by atoms with van der Waals surface area (Å²) in [4.78, 5) is 8.44. The van der Waals surface area contributed by atoms with Gasteiger partial charge in [-0.1, -0.05) is 17.7 Å². The van der Waals surface area contributed by atoms with Crippen molar-refractivity contribution in [3.05, 3.63) is 46.6 Å². The summed E-state index contributed by atoms with van der Waals surface area (Å²) in [6.45, 7) is 1.87. The third kappa shape index (κ3) is 2.84. The number of aromatic nitrogens is 2. The molecule has 2 aromatic rings. The largest absolute Gasteiger partial charge is 0.436 e. The molecule has 0 spiro atoms. The van der Waals surface area contributed by atoms with Crippen LogP contribution in [0.25, 0.3) is 0 Å². The van der Waals surface area contributed by atoms with E-state index in [9.17, 15) is 4.39 Å². The van der Waals surface area contributed by atoms with E-state index in [4.69, 9.17) is 16.3 Å². The van der Waals surface area contributed by atoms with Crippen LogP contribution in [-0.4, -0.2) is 9.97 Å². The van der Waals surface area contributed by atoms with Gasteiger partial charge in [-0.05, 0) is 37.5 Å². The van der Waals surface area contributed by atoms with Gasteiger partial charge in [0.05, 0.1) is 0 Å². The van der Waals surface area contributed by atoms with Gasteiger partial charge in [0.1, 0.15) is 11.0 Å². The van der Waals surface area contributed by atoms with E-state index in [1.54, 1.807) is 12.1 Å². The highest BCUT2D eigenvalue weighted by Crippen LogP contribution is 2.39. The second kappa shape index (κ2) is 4.78. The van der Waals surface area contributed by atoms with E-state index < -0.39 is 5.82 Å². The molecule has 1 fully saturated rings.